The highest BCUT2D eigenvalue weighted by molar-refractivity contribution is 7.91. The van der Waals surface area contributed by atoms with E-state index in [1.54, 1.807) is 13.2 Å². The fourth-order valence-electron chi connectivity index (χ4n) is 8.93. The summed E-state index contributed by atoms with van der Waals surface area (Å²) >= 11 is 0. The smallest absolute Gasteiger partial charge is 0.408 e. The fraction of sp³-hybridized carbons (Fsp3) is 0.585. The maximum absolute atomic E-state index is 14.8. The summed E-state index contributed by atoms with van der Waals surface area (Å²) in [6, 6.07) is 3.37. The van der Waals surface area contributed by atoms with E-state index in [-0.39, 0.29) is 31.4 Å². The van der Waals surface area contributed by atoms with Crippen LogP contribution in [0, 0.1) is 17.8 Å². The second-order valence-electron chi connectivity index (χ2n) is 16.3. The van der Waals surface area contributed by atoms with Crippen LogP contribution in [0.1, 0.15) is 83.1 Å². The third-order valence-electron chi connectivity index (χ3n) is 12.4. The lowest BCUT2D eigenvalue weighted by Gasteiger charge is -2.35. The number of nitrogens with one attached hydrogen (secondary N) is 3. The molecule has 1 saturated heterocycles. The van der Waals surface area contributed by atoms with E-state index in [9.17, 15) is 27.6 Å². The van der Waals surface area contributed by atoms with Gasteiger partial charge in [-0.25, -0.2) is 18.2 Å². The highest BCUT2D eigenvalue weighted by Crippen LogP contribution is 2.46. The van der Waals surface area contributed by atoms with Crippen LogP contribution in [0.4, 0.5) is 4.79 Å². The van der Waals surface area contributed by atoms with Crippen LogP contribution in [0.25, 0.3) is 17.0 Å². The molecular formula is C41H51N5O10S. The number of rotatable bonds is 10. The molecule has 4 amide bonds. The Labute approximate surface area is 332 Å². The van der Waals surface area contributed by atoms with Gasteiger partial charge >= 0.3 is 6.09 Å². The quantitative estimate of drug-likeness (QED) is 0.293. The summed E-state index contributed by atoms with van der Waals surface area (Å²) in [4.78, 5) is 62.5. The van der Waals surface area contributed by atoms with Gasteiger partial charge in [0.2, 0.25) is 27.7 Å². The molecule has 6 bridgehead atoms. The van der Waals surface area contributed by atoms with Crippen molar-refractivity contribution in [3.8, 4) is 17.4 Å². The molecule has 3 N–H and O–H groups in total. The summed E-state index contributed by atoms with van der Waals surface area (Å²) in [7, 11) is -2.31. The molecule has 2 aromatic rings. The number of hydrogen-bond donors (Lipinski definition) is 3. The molecule has 5 fully saturated rings. The maximum atomic E-state index is 14.8. The summed E-state index contributed by atoms with van der Waals surface area (Å²) in [5.74, 6) is -0.929. The van der Waals surface area contributed by atoms with E-state index in [1.807, 2.05) is 25.1 Å². The van der Waals surface area contributed by atoms with E-state index in [4.69, 9.17) is 23.9 Å². The van der Waals surface area contributed by atoms with Crippen LogP contribution in [-0.2, 0) is 29.1 Å². The Morgan fingerprint density at radius 1 is 1.09 bits per heavy atom. The standard InChI is InChI=1S/C41H51N5O10S/c1-4-26-21-41(26,39(49)45-57(51,52)29-13-14-29)44-37(47)32-18-28-22-46(32)38(48)36(24-10-6-7-11-24)43-40(50)56-27-15-23(16-27)9-8-12-25-17-30-31(19-33(25)53-3)42-35(54-5-2)20-34(30)55-28/h4,8,12,17,19-20,23-24,26-29,32,36H,1,5-7,9-11,13-16,18,21-22H2,2-3H3,(H,43,50)(H,44,47)(H,45,49)/b12-8+/t23?,26-,27?,28-,32+,36+,41-/m1/s1. The van der Waals surface area contributed by atoms with Crippen molar-refractivity contribution in [2.75, 3.05) is 20.3 Å². The Hall–Kier alpha value is -4.86. The monoisotopic (exact) mass is 805 g/mol. The SMILES string of the molecule is C=C[C@@H]1C[C@]1(NC(=O)[C@@H]1C[C@@H]2CN1C(=O)[C@H](C1CCCC1)NC(=O)OC1CC(C/C=C/c3cc4c(cc(OCC)nc4cc3OC)O2)C1)C(=O)NS(=O)(=O)C1CC1. The number of nitrogens with zero attached hydrogens (tertiary/aromatic N) is 2. The minimum atomic E-state index is -3.91. The number of benzene rings is 1. The fourth-order valence-corrected chi connectivity index (χ4v) is 10.3. The Kier molecular flexibility index (Phi) is 10.6. The number of fused-ring (bicyclic) bond motifs is 5. The number of alkyl carbamates (subject to hydrolysis) is 1. The van der Waals surface area contributed by atoms with Crippen LogP contribution in [0.3, 0.4) is 0 Å². The van der Waals surface area contributed by atoms with E-state index in [0.717, 1.165) is 24.8 Å². The number of methoxy groups -OCH3 is 1. The molecule has 9 rings (SSSR count). The van der Waals surface area contributed by atoms with Gasteiger partial charge in [0.15, 0.2) is 0 Å². The lowest BCUT2D eigenvalue weighted by atomic mass is 9.80. The van der Waals surface area contributed by atoms with Crippen molar-refractivity contribution in [2.45, 2.75) is 113 Å². The van der Waals surface area contributed by atoms with E-state index < -0.39 is 68.7 Å². The summed E-state index contributed by atoms with van der Waals surface area (Å²) in [6.07, 6.45) is 10.4. The lowest BCUT2D eigenvalue weighted by Crippen LogP contribution is -2.59. The molecule has 306 valence electrons. The van der Waals surface area contributed by atoms with E-state index in [0.29, 0.717) is 79.3 Å². The average molecular weight is 806 g/mol. The summed E-state index contributed by atoms with van der Waals surface area (Å²) in [5.41, 5.74) is -0.181. The molecule has 4 heterocycles. The van der Waals surface area contributed by atoms with Crippen molar-refractivity contribution < 1.29 is 46.5 Å². The molecule has 4 aliphatic carbocycles. The minimum Gasteiger partial charge on any atom is -0.496 e. The number of allylic oxidation sites excluding steroid dienone is 1. The van der Waals surface area contributed by atoms with E-state index >= 15 is 0 Å². The first-order valence-corrected chi connectivity index (χ1v) is 21.7. The van der Waals surface area contributed by atoms with Gasteiger partial charge in [-0.3, -0.25) is 19.1 Å². The molecule has 1 aromatic carbocycles. The molecule has 0 unspecified atom stereocenters. The second-order valence-corrected chi connectivity index (χ2v) is 18.3. The normalized spacial score (nSPS) is 30.7. The minimum absolute atomic E-state index is 0.0159. The molecule has 57 heavy (non-hydrogen) atoms. The van der Waals surface area contributed by atoms with Gasteiger partial charge in [0.1, 0.15) is 41.3 Å². The van der Waals surface area contributed by atoms with E-state index in [2.05, 4.69) is 28.0 Å². The molecule has 5 atom stereocenters. The van der Waals surface area contributed by atoms with E-state index in [1.165, 1.54) is 11.0 Å². The van der Waals surface area contributed by atoms with Crippen molar-refractivity contribution in [1.29, 1.82) is 0 Å². The number of amides is 4. The maximum Gasteiger partial charge on any atom is 0.408 e. The lowest BCUT2D eigenvalue weighted by molar-refractivity contribution is -0.142. The van der Waals surface area contributed by atoms with Crippen LogP contribution >= 0.6 is 0 Å². The van der Waals surface area contributed by atoms with Gasteiger partial charge in [-0.15, -0.1) is 6.58 Å². The van der Waals surface area contributed by atoms with Crippen molar-refractivity contribution in [2.24, 2.45) is 17.8 Å². The Morgan fingerprint density at radius 3 is 2.54 bits per heavy atom. The first-order valence-electron chi connectivity index (χ1n) is 20.2. The first-order chi connectivity index (χ1) is 27.4. The van der Waals surface area contributed by atoms with Crippen LogP contribution in [0.5, 0.6) is 17.4 Å². The van der Waals surface area contributed by atoms with Crippen LogP contribution in [0.2, 0.25) is 0 Å². The van der Waals surface area contributed by atoms with Crippen molar-refractivity contribution in [1.82, 2.24) is 25.2 Å². The van der Waals surface area contributed by atoms with Gasteiger partial charge in [-0.1, -0.05) is 31.1 Å². The molecule has 0 radical (unpaired) electrons. The third kappa shape index (κ3) is 7.89. The zero-order valence-electron chi connectivity index (χ0n) is 32.4. The molecule has 16 heteroatoms. The predicted molar refractivity (Wildman–Crippen MR) is 209 cm³/mol. The van der Waals surface area contributed by atoms with Crippen molar-refractivity contribution in [3.05, 3.63) is 42.5 Å². The number of ether oxygens (including phenoxy) is 4. The largest absolute Gasteiger partial charge is 0.496 e. The number of hydrogen-bond acceptors (Lipinski definition) is 11. The Morgan fingerprint density at radius 2 is 1.86 bits per heavy atom. The summed E-state index contributed by atoms with van der Waals surface area (Å²) in [6.45, 7) is 6.00. The Bertz CT molecular complexity index is 2090. The first kappa shape index (κ1) is 39.0. The number of carbonyl (C=O) groups excluding carboxylic acids is 4. The number of pyridine rings is 1. The van der Waals surface area contributed by atoms with Gasteiger partial charge in [-0.05, 0) is 76.2 Å². The van der Waals surface area contributed by atoms with Gasteiger partial charge < -0.3 is 34.5 Å². The molecule has 15 nitrogen and oxygen atoms in total. The van der Waals surface area contributed by atoms with Gasteiger partial charge in [0, 0.05) is 35.4 Å². The average Bonchev–Trinajstić information content (AvgIpc) is 4.04. The molecule has 7 aliphatic rings. The van der Waals surface area contributed by atoms with Crippen LogP contribution < -0.4 is 29.6 Å². The molecule has 4 saturated carbocycles. The topological polar surface area (TPSA) is 192 Å². The zero-order valence-corrected chi connectivity index (χ0v) is 33.2. The number of aromatic nitrogens is 1. The Balaban J connectivity index is 1.16. The van der Waals surface area contributed by atoms with Crippen molar-refractivity contribution >= 4 is 50.8 Å². The molecule has 0 spiro atoms. The summed E-state index contributed by atoms with van der Waals surface area (Å²) < 4.78 is 51.9. The van der Waals surface area contributed by atoms with Crippen LogP contribution in [-0.4, -0.2) is 97.5 Å². The highest BCUT2D eigenvalue weighted by atomic mass is 32.2. The number of sulfonamides is 1. The van der Waals surface area contributed by atoms with Crippen molar-refractivity contribution in [3.63, 3.8) is 0 Å². The molecule has 1 aromatic heterocycles. The van der Waals surface area contributed by atoms with Gasteiger partial charge in [0.05, 0.1) is 31.0 Å². The summed E-state index contributed by atoms with van der Waals surface area (Å²) in [5, 5.41) is 5.77. The van der Waals surface area contributed by atoms with Crippen LogP contribution in [0.15, 0.2) is 36.9 Å². The predicted octanol–water partition coefficient (Wildman–Crippen LogP) is 4.14. The molecular weight excluding hydrogens is 755 g/mol. The molecule has 3 aliphatic heterocycles. The van der Waals surface area contributed by atoms with Gasteiger partial charge in [-0.2, -0.15) is 0 Å². The second kappa shape index (κ2) is 15.5. The highest BCUT2D eigenvalue weighted by Gasteiger charge is 2.62. The third-order valence-corrected chi connectivity index (χ3v) is 14.2. The van der Waals surface area contributed by atoms with Gasteiger partial charge in [0.25, 0.3) is 5.91 Å². The zero-order chi connectivity index (χ0) is 40.1. The number of carbonyl (C=O) groups is 4.